The van der Waals surface area contributed by atoms with E-state index < -0.39 is 0 Å². The summed E-state index contributed by atoms with van der Waals surface area (Å²) in [5, 5.41) is 4.43. The number of carbonyl (C=O) groups excluding carboxylic acids is 1. The van der Waals surface area contributed by atoms with E-state index in [9.17, 15) is 9.18 Å². The topological polar surface area (TPSA) is 63.5 Å². The minimum atomic E-state index is -0.361. The normalized spacial score (nSPS) is 13.4. The Labute approximate surface area is 162 Å². The predicted molar refractivity (Wildman–Crippen MR) is 103 cm³/mol. The third kappa shape index (κ3) is 3.53. The molecule has 28 heavy (non-hydrogen) atoms. The lowest BCUT2D eigenvalue weighted by Gasteiger charge is -2.27. The molecule has 1 aliphatic rings. The number of fused-ring (bicyclic) bond motifs is 1. The summed E-state index contributed by atoms with van der Waals surface area (Å²) in [7, 11) is 3.81. The molecule has 0 radical (unpaired) electrons. The molecule has 3 aromatic rings. The van der Waals surface area contributed by atoms with Crippen molar-refractivity contribution >= 4 is 17.5 Å². The van der Waals surface area contributed by atoms with Crippen molar-refractivity contribution in [1.29, 1.82) is 0 Å². The Hall–Kier alpha value is -3.42. The fourth-order valence-corrected chi connectivity index (χ4v) is 3.06. The molecule has 0 unspecified atom stereocenters. The lowest BCUT2D eigenvalue weighted by molar-refractivity contribution is 0.0961. The number of ether oxygens (including phenoxy) is 1. The molecular formula is C20H20FN5O2. The van der Waals surface area contributed by atoms with Gasteiger partial charge in [-0.2, -0.15) is 5.10 Å². The van der Waals surface area contributed by atoms with Crippen molar-refractivity contribution in [2.75, 3.05) is 30.4 Å². The fourth-order valence-electron chi connectivity index (χ4n) is 3.06. The standard InChI is InChI=1S/C20H20FN5O2/c1-24(2)18-7-4-8-19(22-18)25-9-10-26-17(20(25)27)12-15(23-26)13-28-16-6-3-5-14(21)11-16/h3-8,11-12H,9-10,13H2,1-2H3. The van der Waals surface area contributed by atoms with Crippen LogP contribution in [0.4, 0.5) is 16.0 Å². The maximum absolute atomic E-state index is 13.3. The van der Waals surface area contributed by atoms with E-state index in [-0.39, 0.29) is 18.3 Å². The molecule has 0 aliphatic carbocycles. The van der Waals surface area contributed by atoms with E-state index in [1.54, 1.807) is 27.8 Å². The average Bonchev–Trinajstić information content (AvgIpc) is 3.11. The van der Waals surface area contributed by atoms with Crippen LogP contribution in [0.3, 0.4) is 0 Å². The highest BCUT2D eigenvalue weighted by atomic mass is 19.1. The van der Waals surface area contributed by atoms with Crippen molar-refractivity contribution < 1.29 is 13.9 Å². The van der Waals surface area contributed by atoms with Gasteiger partial charge in [0.2, 0.25) is 0 Å². The molecule has 144 valence electrons. The van der Waals surface area contributed by atoms with Crippen LogP contribution in [0.2, 0.25) is 0 Å². The van der Waals surface area contributed by atoms with Gasteiger partial charge >= 0.3 is 0 Å². The molecule has 1 aliphatic heterocycles. The van der Waals surface area contributed by atoms with E-state index in [1.165, 1.54) is 12.1 Å². The second kappa shape index (κ2) is 7.30. The zero-order chi connectivity index (χ0) is 19.7. The lowest BCUT2D eigenvalue weighted by Crippen LogP contribution is -2.41. The van der Waals surface area contributed by atoms with Gasteiger partial charge in [-0.1, -0.05) is 12.1 Å². The first kappa shape index (κ1) is 18.0. The van der Waals surface area contributed by atoms with Gasteiger partial charge in [-0.05, 0) is 30.3 Å². The monoisotopic (exact) mass is 381 g/mol. The maximum Gasteiger partial charge on any atom is 0.277 e. The number of hydrogen-bond acceptors (Lipinski definition) is 5. The number of benzene rings is 1. The maximum atomic E-state index is 13.3. The number of amides is 1. The Morgan fingerprint density at radius 1 is 1.14 bits per heavy atom. The first-order valence-electron chi connectivity index (χ1n) is 8.92. The SMILES string of the molecule is CN(C)c1cccc(N2CCn3nc(COc4cccc(F)c4)cc3C2=O)n1. The van der Waals surface area contributed by atoms with Crippen LogP contribution in [0.5, 0.6) is 5.75 Å². The fraction of sp³-hybridized carbons (Fsp3) is 0.250. The summed E-state index contributed by atoms with van der Waals surface area (Å²) < 4.78 is 20.5. The van der Waals surface area contributed by atoms with Gasteiger partial charge in [0.05, 0.1) is 6.54 Å². The molecule has 0 bridgehead atoms. The Bertz CT molecular complexity index is 1020. The van der Waals surface area contributed by atoms with Gasteiger partial charge in [-0.25, -0.2) is 9.37 Å². The lowest BCUT2D eigenvalue weighted by atomic mass is 10.2. The molecule has 7 nitrogen and oxygen atoms in total. The summed E-state index contributed by atoms with van der Waals surface area (Å²) in [6.07, 6.45) is 0. The minimum absolute atomic E-state index is 0.154. The summed E-state index contributed by atoms with van der Waals surface area (Å²) in [5.74, 6) is 1.30. The van der Waals surface area contributed by atoms with Crippen LogP contribution in [0, 0.1) is 5.82 Å². The number of halogens is 1. The largest absolute Gasteiger partial charge is 0.487 e. The molecular weight excluding hydrogens is 361 g/mol. The predicted octanol–water partition coefficient (Wildman–Crippen LogP) is 2.72. The number of nitrogens with zero attached hydrogens (tertiary/aromatic N) is 5. The van der Waals surface area contributed by atoms with Gasteiger partial charge < -0.3 is 9.64 Å². The van der Waals surface area contributed by atoms with Crippen LogP contribution in [-0.2, 0) is 13.2 Å². The second-order valence-corrected chi connectivity index (χ2v) is 6.70. The summed E-state index contributed by atoms with van der Waals surface area (Å²) in [5.41, 5.74) is 1.10. The third-order valence-corrected chi connectivity index (χ3v) is 4.47. The Morgan fingerprint density at radius 3 is 2.75 bits per heavy atom. The van der Waals surface area contributed by atoms with Gasteiger partial charge in [0.25, 0.3) is 5.91 Å². The molecule has 0 atom stereocenters. The molecule has 0 spiro atoms. The smallest absolute Gasteiger partial charge is 0.277 e. The van der Waals surface area contributed by atoms with E-state index in [2.05, 4.69) is 10.1 Å². The molecule has 0 fully saturated rings. The number of rotatable bonds is 5. The first-order chi connectivity index (χ1) is 13.5. The van der Waals surface area contributed by atoms with Crippen LogP contribution >= 0.6 is 0 Å². The number of hydrogen-bond donors (Lipinski definition) is 0. The van der Waals surface area contributed by atoms with Crippen LogP contribution in [0.25, 0.3) is 0 Å². The zero-order valence-electron chi connectivity index (χ0n) is 15.7. The van der Waals surface area contributed by atoms with Crippen LogP contribution in [0.15, 0.2) is 48.5 Å². The Balaban J connectivity index is 1.51. The first-order valence-corrected chi connectivity index (χ1v) is 8.92. The van der Waals surface area contributed by atoms with Crippen molar-refractivity contribution in [3.8, 4) is 5.75 Å². The van der Waals surface area contributed by atoms with Crippen molar-refractivity contribution in [1.82, 2.24) is 14.8 Å². The molecule has 3 heterocycles. The van der Waals surface area contributed by atoms with Gasteiger partial charge in [-0.15, -0.1) is 0 Å². The highest BCUT2D eigenvalue weighted by Crippen LogP contribution is 2.22. The van der Waals surface area contributed by atoms with Crippen molar-refractivity contribution in [2.24, 2.45) is 0 Å². The second-order valence-electron chi connectivity index (χ2n) is 6.70. The molecule has 0 saturated heterocycles. The molecule has 2 aromatic heterocycles. The molecule has 4 rings (SSSR count). The van der Waals surface area contributed by atoms with Crippen LogP contribution < -0.4 is 14.5 Å². The average molecular weight is 381 g/mol. The van der Waals surface area contributed by atoms with E-state index in [4.69, 9.17) is 4.74 Å². The summed E-state index contributed by atoms with van der Waals surface area (Å²) in [6, 6.07) is 13.2. The van der Waals surface area contributed by atoms with E-state index >= 15 is 0 Å². The third-order valence-electron chi connectivity index (χ3n) is 4.47. The number of pyridine rings is 1. The highest BCUT2D eigenvalue weighted by Gasteiger charge is 2.28. The van der Waals surface area contributed by atoms with E-state index in [0.29, 0.717) is 36.0 Å². The number of aromatic nitrogens is 3. The highest BCUT2D eigenvalue weighted by molar-refractivity contribution is 6.05. The zero-order valence-corrected chi connectivity index (χ0v) is 15.7. The van der Waals surface area contributed by atoms with Gasteiger partial charge in [0, 0.05) is 26.7 Å². The number of anilines is 2. The van der Waals surface area contributed by atoms with Gasteiger partial charge in [0.15, 0.2) is 0 Å². The molecule has 8 heteroatoms. The molecule has 0 saturated carbocycles. The number of carbonyl (C=O) groups is 1. The van der Waals surface area contributed by atoms with Crippen LogP contribution in [-0.4, -0.2) is 41.3 Å². The summed E-state index contributed by atoms with van der Waals surface area (Å²) in [4.78, 5) is 21.0. The summed E-state index contributed by atoms with van der Waals surface area (Å²) in [6.45, 7) is 1.21. The van der Waals surface area contributed by atoms with E-state index in [0.717, 1.165) is 5.82 Å². The van der Waals surface area contributed by atoms with Crippen molar-refractivity contribution in [3.63, 3.8) is 0 Å². The molecule has 0 N–H and O–H groups in total. The van der Waals surface area contributed by atoms with E-state index in [1.807, 2.05) is 37.2 Å². The molecule has 1 aromatic carbocycles. The van der Waals surface area contributed by atoms with Crippen molar-refractivity contribution in [3.05, 3.63) is 65.7 Å². The van der Waals surface area contributed by atoms with Crippen LogP contribution in [0.1, 0.15) is 16.2 Å². The molecule has 1 amide bonds. The minimum Gasteiger partial charge on any atom is -0.487 e. The Morgan fingerprint density at radius 2 is 1.96 bits per heavy atom. The van der Waals surface area contributed by atoms with Gasteiger partial charge in [-0.3, -0.25) is 14.4 Å². The van der Waals surface area contributed by atoms with Crippen molar-refractivity contribution in [2.45, 2.75) is 13.2 Å². The van der Waals surface area contributed by atoms with Gasteiger partial charge in [0.1, 0.15) is 41.2 Å². The Kier molecular flexibility index (Phi) is 4.68. The quantitative estimate of drug-likeness (QED) is 0.680. The summed E-state index contributed by atoms with van der Waals surface area (Å²) >= 11 is 0.